The molecule has 0 unspecified atom stereocenters. The molecule has 0 fully saturated rings. The topological polar surface area (TPSA) is 81.7 Å². The highest BCUT2D eigenvalue weighted by Crippen LogP contribution is 2.15. The van der Waals surface area contributed by atoms with Crippen LogP contribution in [0.4, 0.5) is 11.4 Å². The second-order valence-electron chi connectivity index (χ2n) is 3.15. The van der Waals surface area contributed by atoms with Gasteiger partial charge in [0.2, 0.25) is 0 Å². The van der Waals surface area contributed by atoms with Crippen molar-refractivity contribution >= 4 is 11.4 Å². The molecule has 15 heavy (non-hydrogen) atoms. The molecule has 0 spiro atoms. The molecule has 2 heterocycles. The van der Waals surface area contributed by atoms with Gasteiger partial charge in [0.15, 0.2) is 5.82 Å². The Morgan fingerprint density at radius 2 is 2.40 bits per heavy atom. The molecule has 0 amide bonds. The molecule has 0 atom stereocenters. The smallest absolute Gasteiger partial charge is 0.169 e. The average molecular weight is 204 g/mol. The molecule has 78 valence electrons. The van der Waals surface area contributed by atoms with E-state index in [1.807, 2.05) is 13.1 Å². The van der Waals surface area contributed by atoms with Crippen molar-refractivity contribution < 1.29 is 0 Å². The van der Waals surface area contributed by atoms with Gasteiger partial charge in [0.25, 0.3) is 0 Å². The van der Waals surface area contributed by atoms with Crippen molar-refractivity contribution in [2.24, 2.45) is 7.05 Å². The fourth-order valence-electron chi connectivity index (χ4n) is 1.21. The lowest BCUT2D eigenvalue weighted by Gasteiger charge is -2.05. The summed E-state index contributed by atoms with van der Waals surface area (Å²) in [6.07, 6.45) is 4.95. The van der Waals surface area contributed by atoms with Crippen LogP contribution in [0, 0.1) is 0 Å². The summed E-state index contributed by atoms with van der Waals surface area (Å²) < 4.78 is 1.66. The van der Waals surface area contributed by atoms with E-state index in [2.05, 4.69) is 20.4 Å². The standard InChI is InChI=1S/C9H12N6/c1-15-6-13-9(14-15)5-12-8-2-3-11-4-7(8)10/h2-4,6H,5,10H2,1H3,(H,11,12). The average Bonchev–Trinajstić information content (AvgIpc) is 2.63. The Hall–Kier alpha value is -2.11. The summed E-state index contributed by atoms with van der Waals surface area (Å²) in [6.45, 7) is 0.551. The van der Waals surface area contributed by atoms with Crippen molar-refractivity contribution in [1.29, 1.82) is 0 Å². The number of hydrogen-bond acceptors (Lipinski definition) is 5. The van der Waals surface area contributed by atoms with Gasteiger partial charge in [-0.25, -0.2) is 4.98 Å². The lowest BCUT2D eigenvalue weighted by atomic mass is 10.3. The van der Waals surface area contributed by atoms with Gasteiger partial charge >= 0.3 is 0 Å². The van der Waals surface area contributed by atoms with E-state index in [1.165, 1.54) is 0 Å². The molecule has 0 saturated heterocycles. The van der Waals surface area contributed by atoms with E-state index in [4.69, 9.17) is 5.73 Å². The highest BCUT2D eigenvalue weighted by atomic mass is 15.3. The molecule has 6 nitrogen and oxygen atoms in total. The van der Waals surface area contributed by atoms with Crippen LogP contribution in [-0.4, -0.2) is 19.7 Å². The predicted molar refractivity (Wildman–Crippen MR) is 57.0 cm³/mol. The highest BCUT2D eigenvalue weighted by Gasteiger charge is 2.00. The Labute approximate surface area is 87.2 Å². The van der Waals surface area contributed by atoms with Gasteiger partial charge in [0, 0.05) is 13.2 Å². The highest BCUT2D eigenvalue weighted by molar-refractivity contribution is 5.63. The number of nitrogens with zero attached hydrogens (tertiary/aromatic N) is 4. The van der Waals surface area contributed by atoms with E-state index in [0.717, 1.165) is 11.5 Å². The van der Waals surface area contributed by atoms with Crippen molar-refractivity contribution in [3.8, 4) is 0 Å². The molecular formula is C9H12N6. The number of pyridine rings is 1. The molecule has 2 aromatic rings. The minimum Gasteiger partial charge on any atom is -0.396 e. The first-order chi connectivity index (χ1) is 7.25. The fourth-order valence-corrected chi connectivity index (χ4v) is 1.21. The summed E-state index contributed by atoms with van der Waals surface area (Å²) in [5, 5.41) is 7.28. The zero-order valence-corrected chi connectivity index (χ0v) is 8.38. The molecule has 0 aliphatic rings. The fraction of sp³-hybridized carbons (Fsp3) is 0.222. The first-order valence-electron chi connectivity index (χ1n) is 4.53. The van der Waals surface area contributed by atoms with Gasteiger partial charge in [-0.2, -0.15) is 5.10 Å². The lowest BCUT2D eigenvalue weighted by Crippen LogP contribution is -2.04. The molecule has 0 aromatic carbocycles. The number of rotatable bonds is 3. The van der Waals surface area contributed by atoms with Gasteiger partial charge < -0.3 is 11.1 Å². The lowest BCUT2D eigenvalue weighted by molar-refractivity contribution is 0.747. The zero-order chi connectivity index (χ0) is 10.7. The minimum absolute atomic E-state index is 0.551. The van der Waals surface area contributed by atoms with Crippen LogP contribution in [0.15, 0.2) is 24.8 Å². The monoisotopic (exact) mass is 204 g/mol. The number of hydrogen-bond donors (Lipinski definition) is 2. The first kappa shape index (κ1) is 9.45. The number of nitrogen functional groups attached to an aromatic ring is 1. The van der Waals surface area contributed by atoms with Crippen LogP contribution in [0.3, 0.4) is 0 Å². The maximum atomic E-state index is 5.72. The van der Waals surface area contributed by atoms with E-state index >= 15 is 0 Å². The number of anilines is 2. The van der Waals surface area contributed by atoms with Crippen LogP contribution in [0.1, 0.15) is 5.82 Å². The van der Waals surface area contributed by atoms with Crippen LogP contribution in [0.2, 0.25) is 0 Å². The Morgan fingerprint density at radius 3 is 3.07 bits per heavy atom. The van der Waals surface area contributed by atoms with Crippen LogP contribution in [0.25, 0.3) is 0 Å². The number of nitrogens with two attached hydrogens (primary N) is 1. The maximum absolute atomic E-state index is 5.72. The van der Waals surface area contributed by atoms with Gasteiger partial charge in [0.05, 0.1) is 24.1 Å². The molecular weight excluding hydrogens is 192 g/mol. The minimum atomic E-state index is 0.551. The number of aryl methyl sites for hydroxylation is 1. The zero-order valence-electron chi connectivity index (χ0n) is 8.38. The van der Waals surface area contributed by atoms with E-state index in [1.54, 1.807) is 23.4 Å². The largest absolute Gasteiger partial charge is 0.396 e. The Kier molecular flexibility index (Phi) is 2.49. The van der Waals surface area contributed by atoms with Crippen molar-refractivity contribution in [2.75, 3.05) is 11.1 Å². The molecule has 3 N–H and O–H groups in total. The molecule has 0 aliphatic heterocycles. The SMILES string of the molecule is Cn1cnc(CNc2ccncc2N)n1. The van der Waals surface area contributed by atoms with Gasteiger partial charge in [-0.05, 0) is 6.07 Å². The molecule has 0 bridgehead atoms. The van der Waals surface area contributed by atoms with Crippen LogP contribution >= 0.6 is 0 Å². The molecule has 0 saturated carbocycles. The molecule has 0 aliphatic carbocycles. The summed E-state index contributed by atoms with van der Waals surface area (Å²) >= 11 is 0. The number of nitrogens with one attached hydrogen (secondary N) is 1. The van der Waals surface area contributed by atoms with Gasteiger partial charge in [-0.3, -0.25) is 9.67 Å². The van der Waals surface area contributed by atoms with Gasteiger partial charge in [-0.15, -0.1) is 0 Å². The van der Waals surface area contributed by atoms with E-state index in [9.17, 15) is 0 Å². The van der Waals surface area contributed by atoms with Gasteiger partial charge in [0.1, 0.15) is 6.33 Å². The maximum Gasteiger partial charge on any atom is 0.169 e. The summed E-state index contributed by atoms with van der Waals surface area (Å²) in [4.78, 5) is 8.00. The third-order valence-corrected chi connectivity index (χ3v) is 1.94. The van der Waals surface area contributed by atoms with Gasteiger partial charge in [-0.1, -0.05) is 0 Å². The van der Waals surface area contributed by atoms with Crippen molar-refractivity contribution in [3.63, 3.8) is 0 Å². The van der Waals surface area contributed by atoms with Crippen LogP contribution in [-0.2, 0) is 13.6 Å². The Balaban J connectivity index is 2.02. The van der Waals surface area contributed by atoms with Crippen molar-refractivity contribution in [3.05, 3.63) is 30.6 Å². The quantitative estimate of drug-likeness (QED) is 0.756. The van der Waals surface area contributed by atoms with E-state index in [-0.39, 0.29) is 0 Å². The first-order valence-corrected chi connectivity index (χ1v) is 4.53. The summed E-state index contributed by atoms with van der Waals surface area (Å²) in [5.41, 5.74) is 7.18. The molecule has 2 rings (SSSR count). The van der Waals surface area contributed by atoms with Crippen molar-refractivity contribution in [2.45, 2.75) is 6.54 Å². The van der Waals surface area contributed by atoms with Crippen molar-refractivity contribution in [1.82, 2.24) is 19.7 Å². The number of aromatic nitrogens is 4. The summed E-state index contributed by atoms with van der Waals surface area (Å²) in [6, 6.07) is 1.82. The summed E-state index contributed by atoms with van der Waals surface area (Å²) in [5.74, 6) is 0.730. The predicted octanol–water partition coefficient (Wildman–Crippen LogP) is 0.404. The third-order valence-electron chi connectivity index (χ3n) is 1.94. The Morgan fingerprint density at radius 1 is 1.53 bits per heavy atom. The van der Waals surface area contributed by atoms with Crippen LogP contribution in [0.5, 0.6) is 0 Å². The Bertz CT molecular complexity index is 449. The molecule has 0 radical (unpaired) electrons. The van der Waals surface area contributed by atoms with E-state index in [0.29, 0.717) is 12.2 Å². The normalized spacial score (nSPS) is 10.2. The van der Waals surface area contributed by atoms with Crippen LogP contribution < -0.4 is 11.1 Å². The second kappa shape index (κ2) is 3.95. The molecule has 2 aromatic heterocycles. The second-order valence-corrected chi connectivity index (χ2v) is 3.15. The third kappa shape index (κ3) is 2.22. The summed E-state index contributed by atoms with van der Waals surface area (Å²) in [7, 11) is 1.83. The van der Waals surface area contributed by atoms with E-state index < -0.39 is 0 Å². The molecule has 6 heteroatoms.